The van der Waals surface area contributed by atoms with Gasteiger partial charge in [-0.05, 0) is 23.8 Å². The number of ether oxygens (including phenoxy) is 2. The molecule has 160 valence electrons. The van der Waals surface area contributed by atoms with Gasteiger partial charge >= 0.3 is 6.03 Å². The van der Waals surface area contributed by atoms with Crippen LogP contribution in [0, 0.1) is 0 Å². The van der Waals surface area contributed by atoms with Crippen LogP contribution in [0.4, 0.5) is 10.5 Å². The molecule has 0 aliphatic carbocycles. The smallest absolute Gasteiger partial charge is 0.325 e. The van der Waals surface area contributed by atoms with E-state index in [-0.39, 0.29) is 0 Å². The third-order valence-electron chi connectivity index (χ3n) is 5.19. The number of H-pyrrole nitrogens is 1. The van der Waals surface area contributed by atoms with Crippen LogP contribution < -0.4 is 20.1 Å². The summed E-state index contributed by atoms with van der Waals surface area (Å²) in [5, 5.41) is 6.32. The molecule has 0 bridgehead atoms. The molecule has 1 saturated heterocycles. The van der Waals surface area contributed by atoms with Gasteiger partial charge in [0.05, 0.1) is 19.9 Å². The van der Waals surface area contributed by atoms with E-state index >= 15 is 0 Å². The van der Waals surface area contributed by atoms with Crippen molar-refractivity contribution in [2.45, 2.75) is 12.5 Å². The van der Waals surface area contributed by atoms with Crippen molar-refractivity contribution >= 4 is 34.4 Å². The highest BCUT2D eigenvalue weighted by Crippen LogP contribution is 2.29. The summed E-state index contributed by atoms with van der Waals surface area (Å²) >= 11 is 0. The van der Waals surface area contributed by atoms with E-state index < -0.39 is 30.4 Å². The lowest BCUT2D eigenvalue weighted by atomic mass is 10.1. The monoisotopic (exact) mass is 422 g/mol. The first kappa shape index (κ1) is 20.3. The molecule has 1 aliphatic rings. The first-order valence-electron chi connectivity index (χ1n) is 9.69. The number of hydrogen-bond acceptors (Lipinski definition) is 5. The molecule has 2 aromatic carbocycles. The molecule has 3 aromatic rings. The standard InChI is InChI=1S/C22H22N4O5/c1-30-14-7-8-19(31-2)17(10-14)24-20(27)12-26-21(28)18(25-22(26)29)9-13-11-23-16-6-4-3-5-15(13)16/h3-8,10-11,18,23H,9,12H2,1-2H3,(H,24,27)(H,25,29)/t18-/m0/s1. The largest absolute Gasteiger partial charge is 0.497 e. The van der Waals surface area contributed by atoms with Gasteiger partial charge in [-0.25, -0.2) is 4.79 Å². The Hall–Kier alpha value is -4.01. The maximum atomic E-state index is 12.8. The van der Waals surface area contributed by atoms with Gasteiger partial charge in [-0.1, -0.05) is 18.2 Å². The van der Waals surface area contributed by atoms with Gasteiger partial charge in [0.15, 0.2) is 0 Å². The van der Waals surface area contributed by atoms with Crippen LogP contribution in [0.2, 0.25) is 0 Å². The predicted octanol–water partition coefficient (Wildman–Crippen LogP) is 2.29. The second-order valence-corrected chi connectivity index (χ2v) is 7.10. The van der Waals surface area contributed by atoms with E-state index in [0.717, 1.165) is 21.4 Å². The Morgan fingerprint density at radius 1 is 1.13 bits per heavy atom. The molecule has 1 fully saturated rings. The number of hydrogen-bond donors (Lipinski definition) is 3. The van der Waals surface area contributed by atoms with Crippen LogP contribution in [0.3, 0.4) is 0 Å². The van der Waals surface area contributed by atoms with Crippen molar-refractivity contribution in [2.75, 3.05) is 26.1 Å². The molecule has 4 rings (SSSR count). The quantitative estimate of drug-likeness (QED) is 0.506. The first-order valence-corrected chi connectivity index (χ1v) is 9.69. The highest BCUT2D eigenvalue weighted by atomic mass is 16.5. The number of fused-ring (bicyclic) bond motifs is 1. The molecule has 0 unspecified atom stereocenters. The Labute approximate surface area is 178 Å². The summed E-state index contributed by atoms with van der Waals surface area (Å²) in [6.07, 6.45) is 2.16. The third-order valence-corrected chi connectivity index (χ3v) is 5.19. The maximum absolute atomic E-state index is 12.8. The van der Waals surface area contributed by atoms with Crippen LogP contribution >= 0.6 is 0 Å². The number of nitrogens with zero attached hydrogens (tertiary/aromatic N) is 1. The van der Waals surface area contributed by atoms with Crippen molar-refractivity contribution < 1.29 is 23.9 Å². The summed E-state index contributed by atoms with van der Waals surface area (Å²) in [6.45, 7) is -0.407. The maximum Gasteiger partial charge on any atom is 0.325 e. The Bertz CT molecular complexity index is 1160. The second-order valence-electron chi connectivity index (χ2n) is 7.10. The minimum Gasteiger partial charge on any atom is -0.497 e. The molecule has 0 saturated carbocycles. The van der Waals surface area contributed by atoms with E-state index in [2.05, 4.69) is 15.6 Å². The van der Waals surface area contributed by atoms with Gasteiger partial charge in [-0.2, -0.15) is 0 Å². The average molecular weight is 422 g/mol. The topological polar surface area (TPSA) is 113 Å². The number of anilines is 1. The molecule has 1 atom stereocenters. The van der Waals surface area contributed by atoms with Gasteiger partial charge in [0.1, 0.15) is 24.1 Å². The van der Waals surface area contributed by atoms with E-state index in [9.17, 15) is 14.4 Å². The molecule has 1 aromatic heterocycles. The van der Waals surface area contributed by atoms with Crippen LogP contribution in [0.1, 0.15) is 5.56 Å². The van der Waals surface area contributed by atoms with Gasteiger partial charge in [-0.3, -0.25) is 14.5 Å². The minimum absolute atomic E-state index is 0.330. The van der Waals surface area contributed by atoms with Gasteiger partial charge < -0.3 is 25.1 Å². The molecule has 9 nitrogen and oxygen atoms in total. The van der Waals surface area contributed by atoms with E-state index in [1.165, 1.54) is 14.2 Å². The van der Waals surface area contributed by atoms with Crippen LogP contribution in [0.15, 0.2) is 48.7 Å². The Kier molecular flexibility index (Phi) is 5.48. The number of benzene rings is 2. The molecule has 31 heavy (non-hydrogen) atoms. The SMILES string of the molecule is COc1ccc(OC)c(NC(=O)CN2C(=O)N[C@@H](Cc3c[nH]c4ccccc34)C2=O)c1. The van der Waals surface area contributed by atoms with Gasteiger partial charge in [-0.15, -0.1) is 0 Å². The van der Waals surface area contributed by atoms with Crippen molar-refractivity contribution in [3.63, 3.8) is 0 Å². The first-order chi connectivity index (χ1) is 15.0. The van der Waals surface area contributed by atoms with Gasteiger partial charge in [0.2, 0.25) is 5.91 Å². The number of aromatic nitrogens is 1. The number of carbonyl (C=O) groups is 3. The number of methoxy groups -OCH3 is 2. The molecule has 3 N–H and O–H groups in total. The summed E-state index contributed by atoms with van der Waals surface area (Å²) in [5.41, 5.74) is 2.26. The van der Waals surface area contributed by atoms with Gasteiger partial charge in [0.25, 0.3) is 5.91 Å². The van der Waals surface area contributed by atoms with E-state index in [4.69, 9.17) is 9.47 Å². The van der Waals surface area contributed by atoms with Crippen molar-refractivity contribution in [1.29, 1.82) is 0 Å². The molecular weight excluding hydrogens is 400 g/mol. The zero-order valence-electron chi connectivity index (χ0n) is 17.1. The number of amides is 4. The van der Waals surface area contributed by atoms with E-state index in [1.807, 2.05) is 30.5 Å². The zero-order valence-corrected chi connectivity index (χ0v) is 17.1. The summed E-state index contributed by atoms with van der Waals surface area (Å²) in [7, 11) is 2.98. The van der Waals surface area contributed by atoms with Crippen LogP contribution in [0.5, 0.6) is 11.5 Å². The normalized spacial score (nSPS) is 15.8. The summed E-state index contributed by atoms with van der Waals surface area (Å²) < 4.78 is 10.4. The number of carbonyl (C=O) groups excluding carboxylic acids is 3. The zero-order chi connectivity index (χ0) is 22.0. The minimum atomic E-state index is -0.731. The number of urea groups is 1. The van der Waals surface area contributed by atoms with Gasteiger partial charge in [0, 0.05) is 29.6 Å². The molecule has 4 amide bonds. The van der Waals surface area contributed by atoms with Crippen LogP contribution in [-0.2, 0) is 16.0 Å². The lowest BCUT2D eigenvalue weighted by molar-refractivity contribution is -0.130. The fourth-order valence-electron chi connectivity index (χ4n) is 3.63. The fourth-order valence-corrected chi connectivity index (χ4v) is 3.63. The average Bonchev–Trinajstić information content (AvgIpc) is 3.30. The lowest BCUT2D eigenvalue weighted by Crippen LogP contribution is -2.38. The Morgan fingerprint density at radius 3 is 2.71 bits per heavy atom. The number of para-hydroxylation sites is 1. The van der Waals surface area contributed by atoms with Crippen molar-refractivity contribution in [3.8, 4) is 11.5 Å². The highest BCUT2D eigenvalue weighted by molar-refractivity contribution is 6.08. The van der Waals surface area contributed by atoms with Crippen LogP contribution in [-0.4, -0.2) is 54.5 Å². The summed E-state index contributed by atoms with van der Waals surface area (Å²) in [5.74, 6) is -0.000664. The predicted molar refractivity (Wildman–Crippen MR) is 114 cm³/mol. The summed E-state index contributed by atoms with van der Waals surface area (Å²) in [4.78, 5) is 41.8. The number of rotatable bonds is 7. The van der Waals surface area contributed by atoms with Crippen LogP contribution in [0.25, 0.3) is 10.9 Å². The molecular formula is C22H22N4O5. The van der Waals surface area contributed by atoms with Crippen molar-refractivity contribution in [3.05, 3.63) is 54.2 Å². The number of nitrogens with one attached hydrogen (secondary N) is 3. The van der Waals surface area contributed by atoms with Crippen molar-refractivity contribution in [2.24, 2.45) is 0 Å². The molecule has 2 heterocycles. The fraction of sp³-hybridized carbons (Fsp3) is 0.227. The number of aromatic amines is 1. The molecule has 0 spiro atoms. The molecule has 0 radical (unpaired) electrons. The third kappa shape index (κ3) is 4.02. The Balaban J connectivity index is 1.44. The van der Waals surface area contributed by atoms with E-state index in [0.29, 0.717) is 23.6 Å². The second kappa shape index (κ2) is 8.39. The summed E-state index contributed by atoms with van der Waals surface area (Å²) in [6, 6.07) is 11.4. The van der Waals surface area contributed by atoms with E-state index in [1.54, 1.807) is 18.2 Å². The lowest BCUT2D eigenvalue weighted by Gasteiger charge is -2.15. The molecule has 1 aliphatic heterocycles. The highest BCUT2D eigenvalue weighted by Gasteiger charge is 2.39. The Morgan fingerprint density at radius 2 is 1.94 bits per heavy atom. The molecule has 9 heteroatoms. The number of imide groups is 1. The van der Waals surface area contributed by atoms with Crippen molar-refractivity contribution in [1.82, 2.24) is 15.2 Å².